The number of aliphatic hydroxyl groups is 1. The van der Waals surface area contributed by atoms with Crippen LogP contribution in [0.4, 0.5) is 0 Å². The van der Waals surface area contributed by atoms with Crippen molar-refractivity contribution in [2.24, 2.45) is 17.3 Å². The molecule has 1 aromatic rings. The van der Waals surface area contributed by atoms with Crippen molar-refractivity contribution >= 4 is 10.4 Å². The number of rotatable bonds is 2. The molecular weight excluding hydrogens is 351 g/mol. The first-order valence-electron chi connectivity index (χ1n) is 8.74. The third-order valence-corrected chi connectivity index (χ3v) is 7.24. The Hall–Kier alpha value is -0.110. The molecule has 0 aliphatic heterocycles. The van der Waals surface area contributed by atoms with Crippen molar-refractivity contribution < 1.29 is 51.8 Å². The fraction of sp³-hybridized carbons (Fsp3) is 0.667. The summed E-state index contributed by atoms with van der Waals surface area (Å²) in [5.41, 5.74) is 2.42. The van der Waals surface area contributed by atoms with Gasteiger partial charge in [-0.25, -0.2) is 8.42 Å². The van der Waals surface area contributed by atoms with Gasteiger partial charge in [0.15, 0.2) is 0 Å². The molecule has 1 aromatic carbocycles. The molecule has 25 heavy (non-hydrogen) atoms. The fourth-order valence-corrected chi connectivity index (χ4v) is 6.04. The molecule has 0 saturated heterocycles. The van der Waals surface area contributed by atoms with Crippen LogP contribution in [0.3, 0.4) is 0 Å². The maximum absolute atomic E-state index is 10.8. The molecular formula is C18H23NaO5S. The zero-order valence-corrected chi connectivity index (χ0v) is 17.6. The van der Waals surface area contributed by atoms with E-state index in [1.165, 1.54) is 5.56 Å². The molecule has 7 heteroatoms. The third kappa shape index (κ3) is 3.42. The van der Waals surface area contributed by atoms with Crippen molar-refractivity contribution in [1.29, 1.82) is 0 Å². The summed E-state index contributed by atoms with van der Waals surface area (Å²) in [4.78, 5) is 0. The zero-order chi connectivity index (χ0) is 17.1. The second kappa shape index (κ2) is 6.80. The standard InChI is InChI=1S/C18H24O5S.Na/c1-18-9-8-14-13-5-3-12(23-24(20,21)22)10-11(13)2-4-15(14)16(18)6-7-17(18)19;/h3,5,10,14-17,19H,2,4,6-9H2,1H3,(H,20,21,22);/q;+1/p-1/t14-,15+,16-,17?,18+;/m1./s1. The Morgan fingerprint density at radius 2 is 2.00 bits per heavy atom. The summed E-state index contributed by atoms with van der Waals surface area (Å²) in [5.74, 6) is 1.73. The molecule has 1 N–H and O–H groups in total. The van der Waals surface area contributed by atoms with Crippen molar-refractivity contribution in [1.82, 2.24) is 0 Å². The summed E-state index contributed by atoms with van der Waals surface area (Å²) < 4.78 is 36.8. The van der Waals surface area contributed by atoms with Gasteiger partial charge in [-0.3, -0.25) is 0 Å². The number of hydrogen-bond acceptors (Lipinski definition) is 5. The van der Waals surface area contributed by atoms with Crippen LogP contribution in [0, 0.1) is 17.3 Å². The second-order valence-electron chi connectivity index (χ2n) is 7.91. The average molecular weight is 374 g/mol. The van der Waals surface area contributed by atoms with Gasteiger partial charge in [-0.2, -0.15) is 0 Å². The molecule has 5 nitrogen and oxygen atoms in total. The van der Waals surface area contributed by atoms with E-state index in [4.69, 9.17) is 0 Å². The molecule has 0 radical (unpaired) electrons. The maximum atomic E-state index is 10.8. The maximum Gasteiger partial charge on any atom is 1.00 e. The van der Waals surface area contributed by atoms with Crippen molar-refractivity contribution in [2.45, 2.75) is 57.5 Å². The molecule has 0 heterocycles. The van der Waals surface area contributed by atoms with E-state index >= 15 is 0 Å². The third-order valence-electron chi connectivity index (χ3n) is 6.85. The Kier molecular flexibility index (Phi) is 5.35. The Balaban J connectivity index is 0.00000182. The quantitative estimate of drug-likeness (QED) is 0.438. The van der Waals surface area contributed by atoms with Crippen LogP contribution >= 0.6 is 0 Å². The Bertz CT molecular complexity index is 765. The molecule has 2 fully saturated rings. The number of fused-ring (bicyclic) bond motifs is 5. The first kappa shape index (κ1) is 19.6. The van der Waals surface area contributed by atoms with Crippen LogP contribution in [0.5, 0.6) is 5.75 Å². The largest absolute Gasteiger partial charge is 1.00 e. The van der Waals surface area contributed by atoms with E-state index in [2.05, 4.69) is 11.1 Å². The van der Waals surface area contributed by atoms with Crippen molar-refractivity contribution in [3.8, 4) is 5.75 Å². The van der Waals surface area contributed by atoms with Crippen molar-refractivity contribution in [2.75, 3.05) is 0 Å². The van der Waals surface area contributed by atoms with Crippen LogP contribution in [-0.2, 0) is 16.8 Å². The summed E-state index contributed by atoms with van der Waals surface area (Å²) in [6.45, 7) is 2.25. The molecule has 0 spiro atoms. The molecule has 0 amide bonds. The van der Waals surface area contributed by atoms with E-state index in [9.17, 15) is 18.1 Å². The molecule has 0 bridgehead atoms. The minimum absolute atomic E-state index is 0. The van der Waals surface area contributed by atoms with Gasteiger partial charge in [0.1, 0.15) is 5.75 Å². The fourth-order valence-electron chi connectivity index (χ4n) is 5.70. The smallest absolute Gasteiger partial charge is 0.716 e. The van der Waals surface area contributed by atoms with Gasteiger partial charge >= 0.3 is 29.6 Å². The zero-order valence-electron chi connectivity index (χ0n) is 14.8. The number of benzene rings is 1. The molecule has 3 aliphatic carbocycles. The van der Waals surface area contributed by atoms with Gasteiger partial charge in [-0.15, -0.1) is 0 Å². The Morgan fingerprint density at radius 3 is 2.72 bits per heavy atom. The van der Waals surface area contributed by atoms with E-state index in [1.807, 2.05) is 6.07 Å². The Labute approximate surface area is 171 Å². The van der Waals surface area contributed by atoms with Crippen LogP contribution < -0.4 is 33.7 Å². The van der Waals surface area contributed by atoms with Gasteiger partial charge in [-0.1, -0.05) is 13.0 Å². The van der Waals surface area contributed by atoms with Gasteiger partial charge < -0.3 is 13.8 Å². The van der Waals surface area contributed by atoms with Crippen LogP contribution in [0.25, 0.3) is 0 Å². The summed E-state index contributed by atoms with van der Waals surface area (Å²) in [5, 5.41) is 10.4. The van der Waals surface area contributed by atoms with E-state index in [-0.39, 0.29) is 46.8 Å². The average Bonchev–Trinajstić information content (AvgIpc) is 2.81. The van der Waals surface area contributed by atoms with Gasteiger partial charge in [0.25, 0.3) is 10.4 Å². The first-order valence-corrected chi connectivity index (χ1v) is 10.1. The summed E-state index contributed by atoms with van der Waals surface area (Å²) in [6, 6.07) is 5.23. The predicted molar refractivity (Wildman–Crippen MR) is 87.4 cm³/mol. The van der Waals surface area contributed by atoms with Crippen molar-refractivity contribution in [3.05, 3.63) is 29.3 Å². The number of aliphatic hydroxyl groups excluding tert-OH is 1. The van der Waals surface area contributed by atoms with E-state index in [0.29, 0.717) is 17.8 Å². The SMILES string of the molecule is C[C@]12CC[C@@H]3c4ccc(OS(=O)(=O)[O-])cc4CC[C@@H]3[C@H]1CCC2O.[Na+]. The van der Waals surface area contributed by atoms with Crippen LogP contribution in [0.1, 0.15) is 56.1 Å². The molecule has 1 unspecified atom stereocenters. The first-order chi connectivity index (χ1) is 11.3. The molecule has 3 aliphatic rings. The van der Waals surface area contributed by atoms with Gasteiger partial charge in [0.2, 0.25) is 0 Å². The topological polar surface area (TPSA) is 86.7 Å². The van der Waals surface area contributed by atoms with Crippen LogP contribution in [-0.4, -0.2) is 24.2 Å². The monoisotopic (exact) mass is 374 g/mol. The molecule has 0 aromatic heterocycles. The molecule has 4 rings (SSSR count). The summed E-state index contributed by atoms with van der Waals surface area (Å²) in [7, 11) is -4.73. The number of hydrogen-bond donors (Lipinski definition) is 1. The Morgan fingerprint density at radius 1 is 1.24 bits per heavy atom. The molecule has 5 atom stereocenters. The summed E-state index contributed by atoms with van der Waals surface area (Å²) >= 11 is 0. The van der Waals surface area contributed by atoms with E-state index in [1.54, 1.807) is 12.1 Å². The predicted octanol–water partition coefficient (Wildman–Crippen LogP) is -0.253. The van der Waals surface area contributed by atoms with Gasteiger partial charge in [-0.05, 0) is 85.0 Å². The van der Waals surface area contributed by atoms with Gasteiger partial charge in [0, 0.05) is 0 Å². The number of aryl methyl sites for hydroxylation is 1. The minimum atomic E-state index is -4.73. The second-order valence-corrected chi connectivity index (χ2v) is 8.89. The van der Waals surface area contributed by atoms with Crippen molar-refractivity contribution in [3.63, 3.8) is 0 Å². The molecule has 132 valence electrons. The van der Waals surface area contributed by atoms with Gasteiger partial charge in [0.05, 0.1) is 6.10 Å². The molecule has 2 saturated carbocycles. The summed E-state index contributed by atoms with van der Waals surface area (Å²) in [6.07, 6.45) is 5.85. The minimum Gasteiger partial charge on any atom is -0.716 e. The van der Waals surface area contributed by atoms with Crippen LogP contribution in [0.2, 0.25) is 0 Å². The van der Waals surface area contributed by atoms with E-state index < -0.39 is 10.4 Å². The van der Waals surface area contributed by atoms with E-state index in [0.717, 1.165) is 44.1 Å². The normalized spacial score (nSPS) is 36.6. The van der Waals surface area contributed by atoms with Crippen LogP contribution in [0.15, 0.2) is 18.2 Å².